The summed E-state index contributed by atoms with van der Waals surface area (Å²) in [7, 11) is 0. The van der Waals surface area contributed by atoms with E-state index in [0.717, 1.165) is 3.58 Å². The Morgan fingerprint density at radius 2 is 1.85 bits per heavy atom. The van der Waals surface area contributed by atoms with E-state index in [9.17, 15) is 13.2 Å². The molecule has 0 bridgehead atoms. The maximum absolute atomic E-state index is 12.9. The normalized spacial score (nSPS) is 14.8. The van der Waals surface area contributed by atoms with Crippen LogP contribution in [0.2, 0.25) is 0 Å². The molecule has 1 heterocycles. The summed E-state index contributed by atoms with van der Waals surface area (Å²) < 4.78 is 39.0. The number of alkyl halides is 2. The van der Waals surface area contributed by atoms with E-state index < -0.39 is 13.0 Å². The van der Waals surface area contributed by atoms with Crippen LogP contribution in [0.15, 0.2) is 46.2 Å². The second-order valence-corrected chi connectivity index (χ2v) is 5.10. The smallest absolute Gasteiger partial charge is 0.256 e. The molecule has 0 unspecified atom stereocenters. The molecule has 0 atom stereocenters. The van der Waals surface area contributed by atoms with E-state index in [-0.39, 0.29) is 38.5 Å². The van der Waals surface area contributed by atoms with Gasteiger partial charge in [0, 0.05) is 32.7 Å². The van der Waals surface area contributed by atoms with Crippen molar-refractivity contribution in [1.29, 1.82) is 0 Å². The van der Waals surface area contributed by atoms with Crippen LogP contribution in [-0.4, -0.2) is 17.9 Å². The van der Waals surface area contributed by atoms with Crippen molar-refractivity contribution in [2.75, 3.05) is 6.54 Å². The molecule has 1 aromatic carbocycles. The Morgan fingerprint density at radius 1 is 1.25 bits per heavy atom. The van der Waals surface area contributed by atoms with E-state index in [2.05, 4.69) is 12.7 Å². The number of allylic oxidation sites excluding steroid dienone is 3. The summed E-state index contributed by atoms with van der Waals surface area (Å²) >= 11 is 2.02. The number of benzene rings is 1. The number of rotatable bonds is 3. The summed E-state index contributed by atoms with van der Waals surface area (Å²) in [6, 6.07) is 5.65. The summed E-state index contributed by atoms with van der Waals surface area (Å²) in [5.74, 6) is -0.371. The zero-order valence-electron chi connectivity index (χ0n) is 10.4. The summed E-state index contributed by atoms with van der Waals surface area (Å²) in [5.41, 5.74) is 1.60. The Kier molecular flexibility index (Phi) is 6.94. The molecule has 1 nitrogen and oxygen atoms in total. The maximum Gasteiger partial charge on any atom is 0.256 e. The topological polar surface area (TPSA) is 3.24 Å². The SMILES string of the molecule is C=C1C(I)=C[C-]=C(c2ccc(F)cc2)N1CC(F)F.[Y]. The van der Waals surface area contributed by atoms with Gasteiger partial charge in [-0.25, -0.2) is 13.2 Å². The minimum Gasteiger partial charge on any atom is -0.369 e. The molecule has 1 aromatic rings. The minimum absolute atomic E-state index is 0. The van der Waals surface area contributed by atoms with Crippen LogP contribution in [0.3, 0.4) is 0 Å². The maximum atomic E-state index is 12.9. The Labute approximate surface area is 154 Å². The molecule has 1 aliphatic rings. The van der Waals surface area contributed by atoms with Gasteiger partial charge < -0.3 is 4.90 Å². The first-order valence-electron chi connectivity index (χ1n) is 5.49. The molecule has 0 aromatic heterocycles. The average Bonchev–Trinajstić information content (AvgIpc) is 2.36. The second kappa shape index (κ2) is 7.75. The van der Waals surface area contributed by atoms with E-state index in [0.29, 0.717) is 17.0 Å². The zero-order chi connectivity index (χ0) is 14.0. The van der Waals surface area contributed by atoms with Gasteiger partial charge in [0.2, 0.25) is 0 Å². The molecular weight excluding hydrogens is 455 g/mol. The minimum atomic E-state index is -2.49. The van der Waals surface area contributed by atoms with Crippen LogP contribution in [0.5, 0.6) is 0 Å². The predicted octanol–water partition coefficient (Wildman–Crippen LogP) is 4.38. The van der Waals surface area contributed by atoms with E-state index in [1.54, 1.807) is 6.08 Å². The standard InChI is InChI=1S/C14H10F3IN.Y/c1-9-12(18)6-7-13(19(9)8-14(16)17)10-2-4-11(15)5-3-10;/h2-6,14H,1,8H2;/q-1;. The zero-order valence-corrected chi connectivity index (χ0v) is 15.4. The molecule has 6 heteroatoms. The quantitative estimate of drug-likeness (QED) is 0.474. The molecule has 0 saturated carbocycles. The Balaban J connectivity index is 0.00000200. The van der Waals surface area contributed by atoms with Crippen molar-refractivity contribution < 1.29 is 45.9 Å². The second-order valence-electron chi connectivity index (χ2n) is 3.94. The third-order valence-electron chi connectivity index (χ3n) is 2.65. The first-order valence-corrected chi connectivity index (χ1v) is 6.57. The van der Waals surface area contributed by atoms with E-state index >= 15 is 0 Å². The van der Waals surface area contributed by atoms with Crippen molar-refractivity contribution in [1.82, 2.24) is 4.90 Å². The van der Waals surface area contributed by atoms with Crippen molar-refractivity contribution in [3.05, 3.63) is 63.7 Å². The average molecular weight is 465 g/mol. The van der Waals surface area contributed by atoms with Crippen molar-refractivity contribution >= 4 is 28.3 Å². The number of hydrogen-bond donors (Lipinski definition) is 0. The molecule has 1 aliphatic heterocycles. The fourth-order valence-corrected chi connectivity index (χ4v) is 2.19. The molecule has 20 heavy (non-hydrogen) atoms. The van der Waals surface area contributed by atoms with Crippen LogP contribution in [-0.2, 0) is 32.7 Å². The molecule has 103 valence electrons. The van der Waals surface area contributed by atoms with Crippen molar-refractivity contribution in [3.8, 4) is 0 Å². The van der Waals surface area contributed by atoms with Gasteiger partial charge in [-0.15, -0.1) is 34.7 Å². The third-order valence-corrected chi connectivity index (χ3v) is 3.58. The molecule has 0 N–H and O–H groups in total. The van der Waals surface area contributed by atoms with E-state index in [1.807, 2.05) is 22.6 Å². The van der Waals surface area contributed by atoms with E-state index in [1.165, 1.54) is 29.2 Å². The Hall–Kier alpha value is -0.136. The summed E-state index contributed by atoms with van der Waals surface area (Å²) in [5, 5.41) is 0. The fraction of sp³-hybridized carbons (Fsp3) is 0.143. The van der Waals surface area contributed by atoms with Crippen LogP contribution < -0.4 is 0 Å². The van der Waals surface area contributed by atoms with Gasteiger partial charge in [0.05, 0.1) is 6.54 Å². The van der Waals surface area contributed by atoms with Crippen LogP contribution in [0, 0.1) is 11.9 Å². The first kappa shape index (κ1) is 17.9. The molecule has 1 radical (unpaired) electrons. The van der Waals surface area contributed by atoms with Gasteiger partial charge in [0.15, 0.2) is 0 Å². The molecular formula is C14H10F3INY-. The summed E-state index contributed by atoms with van der Waals surface area (Å²) in [6.07, 6.45) is 2.14. The predicted molar refractivity (Wildman–Crippen MR) is 77.0 cm³/mol. The van der Waals surface area contributed by atoms with Gasteiger partial charge in [0.25, 0.3) is 6.43 Å². The van der Waals surface area contributed by atoms with Crippen LogP contribution >= 0.6 is 22.6 Å². The van der Waals surface area contributed by atoms with E-state index in [4.69, 9.17) is 0 Å². The first-order chi connectivity index (χ1) is 8.99. The monoisotopic (exact) mass is 465 g/mol. The summed E-state index contributed by atoms with van der Waals surface area (Å²) in [6.45, 7) is 3.35. The third kappa shape index (κ3) is 4.18. The molecule has 0 fully saturated rings. The number of halogens is 4. The molecule has 0 saturated heterocycles. The number of hydrogen-bond acceptors (Lipinski definition) is 1. The van der Waals surface area contributed by atoms with Gasteiger partial charge in [-0.2, -0.15) is 12.2 Å². The van der Waals surface area contributed by atoms with Gasteiger partial charge >= 0.3 is 0 Å². The van der Waals surface area contributed by atoms with Crippen LogP contribution in [0.1, 0.15) is 5.56 Å². The van der Waals surface area contributed by atoms with Crippen molar-refractivity contribution in [2.45, 2.75) is 6.43 Å². The van der Waals surface area contributed by atoms with Gasteiger partial charge in [-0.1, -0.05) is 21.4 Å². The van der Waals surface area contributed by atoms with Gasteiger partial charge in [-0.05, 0) is 17.8 Å². The molecule has 0 aliphatic carbocycles. The largest absolute Gasteiger partial charge is 0.369 e. The Morgan fingerprint density at radius 3 is 2.40 bits per heavy atom. The molecule has 0 amide bonds. The fourth-order valence-electron chi connectivity index (χ4n) is 1.74. The Bertz CT molecular complexity index is 552. The van der Waals surface area contributed by atoms with Crippen LogP contribution in [0.4, 0.5) is 13.2 Å². The van der Waals surface area contributed by atoms with Crippen molar-refractivity contribution in [3.63, 3.8) is 0 Å². The summed E-state index contributed by atoms with van der Waals surface area (Å²) in [4.78, 5) is 1.40. The van der Waals surface area contributed by atoms with Crippen molar-refractivity contribution in [2.24, 2.45) is 0 Å². The van der Waals surface area contributed by atoms with Gasteiger partial charge in [0.1, 0.15) is 5.82 Å². The molecule has 0 spiro atoms. The molecule has 2 rings (SSSR count). The number of nitrogens with zero attached hydrogens (tertiary/aromatic N) is 1. The van der Waals surface area contributed by atoms with Gasteiger partial charge in [-0.3, -0.25) is 0 Å². The van der Waals surface area contributed by atoms with Crippen LogP contribution in [0.25, 0.3) is 5.70 Å².